The Morgan fingerprint density at radius 2 is 1.74 bits per heavy atom. The molecule has 1 amide bonds. The molecule has 1 aromatic heterocycles. The Balaban J connectivity index is 1.90. The smallest absolute Gasteiger partial charge is 0.339 e. The minimum Gasteiger partial charge on any atom is -0.497 e. The minimum absolute atomic E-state index is 0.103. The van der Waals surface area contributed by atoms with Crippen LogP contribution in [-0.4, -0.2) is 24.1 Å². The monoisotopic (exact) mass is 381 g/mol. The van der Waals surface area contributed by atoms with Crippen molar-refractivity contribution in [3.63, 3.8) is 0 Å². The average molecular weight is 381 g/mol. The average Bonchev–Trinajstić information content (AvgIpc) is 3.11. The maximum atomic E-state index is 12.5. The van der Waals surface area contributed by atoms with Gasteiger partial charge in [0.2, 0.25) is 0 Å². The zero-order chi connectivity index (χ0) is 19.4. The zero-order valence-electron chi connectivity index (χ0n) is 15.0. The van der Waals surface area contributed by atoms with Crippen LogP contribution in [0.15, 0.2) is 53.9 Å². The molecule has 3 aromatic rings. The van der Waals surface area contributed by atoms with Crippen LogP contribution in [0.3, 0.4) is 0 Å². The van der Waals surface area contributed by atoms with Crippen LogP contribution in [-0.2, 0) is 6.42 Å². The number of carbonyl (C=O) groups excluding carboxylic acids is 1. The first kappa shape index (κ1) is 18.7. The lowest BCUT2D eigenvalue weighted by Gasteiger charge is -2.07. The molecule has 0 spiro atoms. The van der Waals surface area contributed by atoms with E-state index in [-0.39, 0.29) is 11.5 Å². The zero-order valence-corrected chi connectivity index (χ0v) is 15.8. The summed E-state index contributed by atoms with van der Waals surface area (Å²) in [5.41, 5.74) is 3.12. The SMILES string of the molecule is CCc1ccc(-c2csc(NC(=O)c3ccc(OC)cc3)c2C(=O)O)cc1. The van der Waals surface area contributed by atoms with Gasteiger partial charge in [0.1, 0.15) is 16.3 Å². The van der Waals surface area contributed by atoms with Gasteiger partial charge in [-0.15, -0.1) is 11.3 Å². The van der Waals surface area contributed by atoms with Gasteiger partial charge in [-0.05, 0) is 41.8 Å². The van der Waals surface area contributed by atoms with Crippen molar-refractivity contribution in [1.29, 1.82) is 0 Å². The number of aromatic carboxylic acids is 1. The number of anilines is 1. The highest BCUT2D eigenvalue weighted by Crippen LogP contribution is 2.36. The number of carboxylic acids is 1. The first-order valence-electron chi connectivity index (χ1n) is 8.43. The van der Waals surface area contributed by atoms with Crippen molar-refractivity contribution < 1.29 is 19.4 Å². The number of carbonyl (C=O) groups is 2. The molecular weight excluding hydrogens is 362 g/mol. The molecule has 27 heavy (non-hydrogen) atoms. The van der Waals surface area contributed by atoms with Crippen LogP contribution in [0.2, 0.25) is 0 Å². The number of ether oxygens (including phenoxy) is 1. The summed E-state index contributed by atoms with van der Waals surface area (Å²) in [6.45, 7) is 2.06. The molecule has 0 saturated carbocycles. The topological polar surface area (TPSA) is 75.6 Å². The lowest BCUT2D eigenvalue weighted by atomic mass is 10.0. The number of aryl methyl sites for hydroxylation is 1. The molecule has 0 fully saturated rings. The fraction of sp³-hybridized carbons (Fsp3) is 0.143. The number of rotatable bonds is 6. The molecule has 0 aliphatic heterocycles. The summed E-state index contributed by atoms with van der Waals surface area (Å²) >= 11 is 1.20. The summed E-state index contributed by atoms with van der Waals surface area (Å²) < 4.78 is 5.08. The van der Waals surface area contributed by atoms with Gasteiger partial charge in [-0.25, -0.2) is 4.79 Å². The van der Waals surface area contributed by atoms with Gasteiger partial charge in [-0.2, -0.15) is 0 Å². The summed E-state index contributed by atoms with van der Waals surface area (Å²) in [4.78, 5) is 24.3. The summed E-state index contributed by atoms with van der Waals surface area (Å²) in [6, 6.07) is 14.4. The molecule has 6 heteroatoms. The van der Waals surface area contributed by atoms with E-state index in [4.69, 9.17) is 4.74 Å². The maximum Gasteiger partial charge on any atom is 0.339 e. The predicted octanol–water partition coefficient (Wildman–Crippen LogP) is 4.94. The standard InChI is InChI=1S/C21H19NO4S/c1-3-13-4-6-14(7-5-13)17-12-27-20(18(17)21(24)25)22-19(23)15-8-10-16(26-2)11-9-15/h4-12H,3H2,1-2H3,(H,22,23)(H,24,25). The van der Waals surface area contributed by atoms with E-state index in [0.717, 1.165) is 12.0 Å². The molecule has 1 heterocycles. The van der Waals surface area contributed by atoms with E-state index in [2.05, 4.69) is 12.2 Å². The van der Waals surface area contributed by atoms with Crippen molar-refractivity contribution in [2.75, 3.05) is 12.4 Å². The quantitative estimate of drug-likeness (QED) is 0.634. The summed E-state index contributed by atoms with van der Waals surface area (Å²) in [5.74, 6) is -0.794. The van der Waals surface area contributed by atoms with E-state index in [0.29, 0.717) is 21.9 Å². The Kier molecular flexibility index (Phi) is 5.57. The number of hydrogen-bond donors (Lipinski definition) is 2. The highest BCUT2D eigenvalue weighted by Gasteiger charge is 2.21. The normalized spacial score (nSPS) is 10.4. The third kappa shape index (κ3) is 4.01. The van der Waals surface area contributed by atoms with Crippen LogP contribution in [0.25, 0.3) is 11.1 Å². The van der Waals surface area contributed by atoms with Crippen molar-refractivity contribution in [3.8, 4) is 16.9 Å². The second-order valence-corrected chi connectivity index (χ2v) is 6.77. The van der Waals surface area contributed by atoms with Crippen molar-refractivity contribution in [2.45, 2.75) is 13.3 Å². The molecule has 0 bridgehead atoms. The molecule has 0 unspecified atom stereocenters. The number of amides is 1. The van der Waals surface area contributed by atoms with Gasteiger partial charge >= 0.3 is 5.97 Å². The van der Waals surface area contributed by atoms with E-state index < -0.39 is 5.97 Å². The Bertz CT molecular complexity index is 959. The molecule has 0 aliphatic rings. The number of benzene rings is 2. The van der Waals surface area contributed by atoms with Gasteiger partial charge in [0.15, 0.2) is 0 Å². The molecule has 5 nitrogen and oxygen atoms in total. The molecule has 0 aliphatic carbocycles. The van der Waals surface area contributed by atoms with Gasteiger partial charge in [-0.1, -0.05) is 31.2 Å². The fourth-order valence-electron chi connectivity index (χ4n) is 2.71. The van der Waals surface area contributed by atoms with Crippen LogP contribution in [0.5, 0.6) is 5.75 Å². The molecule has 3 rings (SSSR count). The Hall–Kier alpha value is -3.12. The first-order valence-corrected chi connectivity index (χ1v) is 9.31. The summed E-state index contributed by atoms with van der Waals surface area (Å²) in [6.07, 6.45) is 0.916. The fourth-order valence-corrected chi connectivity index (χ4v) is 3.67. The molecule has 0 saturated heterocycles. The van der Waals surface area contributed by atoms with Crippen molar-refractivity contribution in [1.82, 2.24) is 0 Å². The van der Waals surface area contributed by atoms with Gasteiger partial charge < -0.3 is 15.2 Å². The van der Waals surface area contributed by atoms with Gasteiger partial charge in [0.25, 0.3) is 5.91 Å². The van der Waals surface area contributed by atoms with E-state index in [9.17, 15) is 14.7 Å². The van der Waals surface area contributed by atoms with Crippen molar-refractivity contribution in [2.24, 2.45) is 0 Å². The molecule has 2 N–H and O–H groups in total. The summed E-state index contributed by atoms with van der Waals surface area (Å²) in [7, 11) is 1.55. The molecule has 0 atom stereocenters. The van der Waals surface area contributed by atoms with Crippen LogP contribution in [0.4, 0.5) is 5.00 Å². The summed E-state index contributed by atoms with van der Waals surface area (Å²) in [5, 5.41) is 14.5. The second-order valence-electron chi connectivity index (χ2n) is 5.89. The van der Waals surface area contributed by atoms with Crippen LogP contribution >= 0.6 is 11.3 Å². The van der Waals surface area contributed by atoms with Crippen molar-refractivity contribution >= 4 is 28.2 Å². The molecule has 0 radical (unpaired) electrons. The van der Waals surface area contributed by atoms with E-state index in [1.807, 2.05) is 24.3 Å². The van der Waals surface area contributed by atoms with Crippen molar-refractivity contribution in [3.05, 3.63) is 70.6 Å². The van der Waals surface area contributed by atoms with Crippen LogP contribution in [0.1, 0.15) is 33.2 Å². The van der Waals surface area contributed by atoms with E-state index in [1.54, 1.807) is 36.8 Å². The number of thiophene rings is 1. The Morgan fingerprint density at radius 3 is 2.30 bits per heavy atom. The Morgan fingerprint density at radius 1 is 1.07 bits per heavy atom. The highest BCUT2D eigenvalue weighted by atomic mass is 32.1. The first-order chi connectivity index (χ1) is 13.0. The number of hydrogen-bond acceptors (Lipinski definition) is 4. The highest BCUT2D eigenvalue weighted by molar-refractivity contribution is 7.15. The van der Waals surface area contributed by atoms with Crippen LogP contribution < -0.4 is 10.1 Å². The van der Waals surface area contributed by atoms with Gasteiger partial charge in [0.05, 0.1) is 7.11 Å². The lowest BCUT2D eigenvalue weighted by molar-refractivity contribution is 0.0699. The molecular formula is C21H19NO4S. The number of methoxy groups -OCH3 is 1. The Labute approximate surface area is 161 Å². The lowest BCUT2D eigenvalue weighted by Crippen LogP contribution is -2.13. The maximum absolute atomic E-state index is 12.5. The minimum atomic E-state index is -1.07. The van der Waals surface area contributed by atoms with E-state index in [1.165, 1.54) is 16.9 Å². The second kappa shape index (κ2) is 8.05. The largest absolute Gasteiger partial charge is 0.497 e. The predicted molar refractivity (Wildman–Crippen MR) is 107 cm³/mol. The van der Waals surface area contributed by atoms with Gasteiger partial charge in [0, 0.05) is 16.5 Å². The van der Waals surface area contributed by atoms with Gasteiger partial charge in [-0.3, -0.25) is 4.79 Å². The third-order valence-electron chi connectivity index (χ3n) is 4.26. The third-order valence-corrected chi connectivity index (χ3v) is 5.15. The number of nitrogens with one attached hydrogen (secondary N) is 1. The van der Waals surface area contributed by atoms with E-state index >= 15 is 0 Å². The van der Waals surface area contributed by atoms with Crippen LogP contribution in [0, 0.1) is 0 Å². The molecule has 138 valence electrons. The molecule has 2 aromatic carbocycles. The number of carboxylic acid groups (broad SMARTS) is 1.